The molecule has 1 atom stereocenters. The van der Waals surface area contributed by atoms with E-state index in [4.69, 9.17) is 5.73 Å². The summed E-state index contributed by atoms with van der Waals surface area (Å²) in [7, 11) is 0. The maximum atomic E-state index is 5.95. The Labute approximate surface area is 116 Å². The van der Waals surface area contributed by atoms with E-state index in [0.717, 1.165) is 4.47 Å². The highest BCUT2D eigenvalue weighted by Crippen LogP contribution is 2.26. The number of nitrogens with two attached hydrogens (primary N) is 1. The summed E-state index contributed by atoms with van der Waals surface area (Å²) in [5.74, 6) is 0. The Kier molecular flexibility index (Phi) is 3.88. The minimum atomic E-state index is 0.0944. The smallest absolute Gasteiger partial charge is 0.0896 e. The lowest BCUT2D eigenvalue weighted by molar-refractivity contribution is 0.527. The van der Waals surface area contributed by atoms with Crippen molar-refractivity contribution in [2.75, 3.05) is 6.54 Å². The number of nitrogens with zero attached hydrogens (tertiary/aromatic N) is 2. The van der Waals surface area contributed by atoms with Crippen LogP contribution in [0.1, 0.15) is 28.3 Å². The number of benzene rings is 1. The fourth-order valence-electron chi connectivity index (χ4n) is 2.56. The summed E-state index contributed by atoms with van der Waals surface area (Å²) in [5, 5.41) is 4.36. The predicted octanol–water partition coefficient (Wildman–Crippen LogP) is 3.12. The molecule has 1 heterocycles. The molecule has 0 aliphatic carbocycles. The number of hydrogen-bond donors (Lipinski definition) is 1. The molecule has 1 aromatic heterocycles. The molecule has 0 aliphatic rings. The predicted molar refractivity (Wildman–Crippen MR) is 77.8 cm³/mol. The van der Waals surface area contributed by atoms with Gasteiger partial charge in [-0.1, -0.05) is 17.7 Å². The van der Waals surface area contributed by atoms with Crippen LogP contribution in [0, 0.1) is 20.8 Å². The third-order valence-corrected chi connectivity index (χ3v) is 3.59. The molecule has 0 saturated heterocycles. The lowest BCUT2D eigenvalue weighted by Gasteiger charge is -2.21. The molecule has 3 nitrogen and oxygen atoms in total. The van der Waals surface area contributed by atoms with Crippen LogP contribution in [0.4, 0.5) is 0 Å². The van der Waals surface area contributed by atoms with Crippen LogP contribution in [0.25, 0.3) is 0 Å². The van der Waals surface area contributed by atoms with Crippen molar-refractivity contribution >= 4 is 15.9 Å². The van der Waals surface area contributed by atoms with E-state index >= 15 is 0 Å². The first-order valence-electron chi connectivity index (χ1n) is 6.00. The molecule has 2 N–H and O–H groups in total. The van der Waals surface area contributed by atoms with E-state index in [1.807, 2.05) is 10.9 Å². The molecule has 0 bridgehead atoms. The summed E-state index contributed by atoms with van der Waals surface area (Å²) >= 11 is 3.43. The van der Waals surface area contributed by atoms with Crippen molar-refractivity contribution in [1.82, 2.24) is 9.78 Å². The quantitative estimate of drug-likeness (QED) is 0.947. The maximum absolute atomic E-state index is 5.95. The van der Waals surface area contributed by atoms with Gasteiger partial charge in [-0.3, -0.25) is 4.68 Å². The fourth-order valence-corrected chi connectivity index (χ4v) is 2.86. The van der Waals surface area contributed by atoms with Gasteiger partial charge in [-0.2, -0.15) is 5.10 Å². The van der Waals surface area contributed by atoms with Gasteiger partial charge in [0.2, 0.25) is 0 Å². The molecule has 0 amide bonds. The highest BCUT2D eigenvalue weighted by molar-refractivity contribution is 9.10. The van der Waals surface area contributed by atoms with Crippen LogP contribution in [0.3, 0.4) is 0 Å². The zero-order valence-electron chi connectivity index (χ0n) is 10.9. The third kappa shape index (κ3) is 2.49. The molecule has 96 valence electrons. The van der Waals surface area contributed by atoms with Gasteiger partial charge in [0.15, 0.2) is 0 Å². The van der Waals surface area contributed by atoms with Crippen LogP contribution in [0.15, 0.2) is 29.0 Å². The summed E-state index contributed by atoms with van der Waals surface area (Å²) in [4.78, 5) is 0. The second kappa shape index (κ2) is 5.24. The van der Waals surface area contributed by atoms with Gasteiger partial charge in [-0.05, 0) is 53.4 Å². The van der Waals surface area contributed by atoms with E-state index < -0.39 is 0 Å². The zero-order chi connectivity index (χ0) is 13.3. The van der Waals surface area contributed by atoms with Crippen LogP contribution in [0.5, 0.6) is 0 Å². The Balaban J connectivity index is 2.51. The summed E-state index contributed by atoms with van der Waals surface area (Å²) in [6.45, 7) is 6.93. The molecule has 4 heteroatoms. The standard InChI is InChI=1S/C14H18BrN3/c1-9-4-10(2)14(11(3)5-9)13(6-16)18-8-12(15)7-17-18/h4-5,7-8,13H,6,16H2,1-3H3. The lowest BCUT2D eigenvalue weighted by Crippen LogP contribution is -2.22. The molecule has 0 aliphatic heterocycles. The normalized spacial score (nSPS) is 12.7. The van der Waals surface area contributed by atoms with Crippen molar-refractivity contribution in [2.45, 2.75) is 26.8 Å². The van der Waals surface area contributed by atoms with Gasteiger partial charge in [0.1, 0.15) is 0 Å². The SMILES string of the molecule is Cc1cc(C)c(C(CN)n2cc(Br)cn2)c(C)c1. The Morgan fingerprint density at radius 2 is 1.89 bits per heavy atom. The van der Waals surface area contributed by atoms with Gasteiger partial charge in [0, 0.05) is 12.7 Å². The monoisotopic (exact) mass is 307 g/mol. The minimum Gasteiger partial charge on any atom is -0.328 e. The highest BCUT2D eigenvalue weighted by Gasteiger charge is 2.17. The van der Waals surface area contributed by atoms with E-state index in [1.165, 1.54) is 22.3 Å². The molecule has 1 aromatic carbocycles. The van der Waals surface area contributed by atoms with Crippen molar-refractivity contribution < 1.29 is 0 Å². The van der Waals surface area contributed by atoms with Gasteiger partial charge in [-0.15, -0.1) is 0 Å². The molecule has 1 unspecified atom stereocenters. The third-order valence-electron chi connectivity index (χ3n) is 3.18. The average molecular weight is 308 g/mol. The highest BCUT2D eigenvalue weighted by atomic mass is 79.9. The van der Waals surface area contributed by atoms with Crippen LogP contribution >= 0.6 is 15.9 Å². The van der Waals surface area contributed by atoms with Gasteiger partial charge < -0.3 is 5.73 Å². The summed E-state index contributed by atoms with van der Waals surface area (Å²) in [6, 6.07) is 4.49. The Hall–Kier alpha value is -1.13. The largest absolute Gasteiger partial charge is 0.328 e. The molecule has 0 saturated carbocycles. The minimum absolute atomic E-state index is 0.0944. The molecule has 2 rings (SSSR count). The van der Waals surface area contributed by atoms with E-state index in [-0.39, 0.29) is 6.04 Å². The Morgan fingerprint density at radius 3 is 2.33 bits per heavy atom. The fraction of sp³-hybridized carbons (Fsp3) is 0.357. The molecular weight excluding hydrogens is 290 g/mol. The first kappa shape index (κ1) is 13.3. The summed E-state index contributed by atoms with van der Waals surface area (Å²) in [5.41, 5.74) is 11.1. The molecule has 0 fully saturated rings. The number of aryl methyl sites for hydroxylation is 3. The van der Waals surface area contributed by atoms with Crippen molar-refractivity contribution in [1.29, 1.82) is 0 Å². The second-order valence-corrected chi connectivity index (χ2v) is 5.62. The molecule has 0 spiro atoms. The Morgan fingerprint density at radius 1 is 1.28 bits per heavy atom. The first-order valence-corrected chi connectivity index (χ1v) is 6.79. The Bertz CT molecular complexity index is 537. The van der Waals surface area contributed by atoms with Crippen LogP contribution < -0.4 is 5.73 Å². The lowest BCUT2D eigenvalue weighted by atomic mass is 9.94. The molecule has 18 heavy (non-hydrogen) atoms. The van der Waals surface area contributed by atoms with Crippen molar-refractivity contribution in [2.24, 2.45) is 5.73 Å². The average Bonchev–Trinajstić information content (AvgIpc) is 2.69. The number of rotatable bonds is 3. The molecule has 2 aromatic rings. The van der Waals surface area contributed by atoms with Crippen LogP contribution in [-0.2, 0) is 0 Å². The first-order chi connectivity index (χ1) is 8.52. The van der Waals surface area contributed by atoms with Gasteiger partial charge >= 0.3 is 0 Å². The zero-order valence-corrected chi connectivity index (χ0v) is 12.5. The van der Waals surface area contributed by atoms with Crippen molar-refractivity contribution in [3.05, 3.63) is 51.3 Å². The van der Waals surface area contributed by atoms with Crippen LogP contribution in [0.2, 0.25) is 0 Å². The second-order valence-electron chi connectivity index (χ2n) is 4.70. The number of aromatic nitrogens is 2. The van der Waals surface area contributed by atoms with Crippen molar-refractivity contribution in [3.8, 4) is 0 Å². The van der Waals surface area contributed by atoms with E-state index in [9.17, 15) is 0 Å². The van der Waals surface area contributed by atoms with Crippen molar-refractivity contribution in [3.63, 3.8) is 0 Å². The van der Waals surface area contributed by atoms with E-state index in [2.05, 4.69) is 53.9 Å². The van der Waals surface area contributed by atoms with Crippen LogP contribution in [-0.4, -0.2) is 16.3 Å². The van der Waals surface area contributed by atoms with Gasteiger partial charge in [0.05, 0.1) is 16.7 Å². The van der Waals surface area contributed by atoms with Gasteiger partial charge in [0.25, 0.3) is 0 Å². The molecule has 0 radical (unpaired) electrons. The van der Waals surface area contributed by atoms with Gasteiger partial charge in [-0.25, -0.2) is 0 Å². The van der Waals surface area contributed by atoms with E-state index in [0.29, 0.717) is 6.54 Å². The number of hydrogen-bond acceptors (Lipinski definition) is 2. The maximum Gasteiger partial charge on any atom is 0.0896 e. The topological polar surface area (TPSA) is 43.8 Å². The molecular formula is C14H18BrN3. The number of halogens is 1. The van der Waals surface area contributed by atoms with E-state index in [1.54, 1.807) is 6.20 Å². The summed E-state index contributed by atoms with van der Waals surface area (Å²) in [6.07, 6.45) is 3.76. The summed E-state index contributed by atoms with van der Waals surface area (Å²) < 4.78 is 2.90.